The van der Waals surface area contributed by atoms with Gasteiger partial charge in [-0.05, 0) is 44.6 Å². The van der Waals surface area contributed by atoms with E-state index in [0.717, 1.165) is 23.6 Å². The van der Waals surface area contributed by atoms with E-state index in [4.69, 9.17) is 9.47 Å². The summed E-state index contributed by atoms with van der Waals surface area (Å²) in [5.74, 6) is 1.77. The minimum absolute atomic E-state index is 0.248. The Hall–Kier alpha value is -1.26. The molecule has 1 aromatic carbocycles. The number of hydrogen-bond donors (Lipinski definition) is 2. The predicted molar refractivity (Wildman–Crippen MR) is 72.4 cm³/mol. The van der Waals surface area contributed by atoms with Gasteiger partial charge in [0.2, 0.25) is 0 Å². The summed E-state index contributed by atoms with van der Waals surface area (Å²) >= 11 is 0. The van der Waals surface area contributed by atoms with Crippen LogP contribution in [0, 0.1) is 0 Å². The van der Waals surface area contributed by atoms with Crippen molar-refractivity contribution in [1.82, 2.24) is 10.6 Å². The van der Waals surface area contributed by atoms with E-state index in [0.29, 0.717) is 6.04 Å². The van der Waals surface area contributed by atoms with E-state index in [2.05, 4.69) is 16.7 Å². The van der Waals surface area contributed by atoms with Crippen LogP contribution in [0.15, 0.2) is 18.2 Å². The van der Waals surface area contributed by atoms with Crippen LogP contribution in [0.25, 0.3) is 0 Å². The van der Waals surface area contributed by atoms with Crippen LogP contribution in [0.5, 0.6) is 11.5 Å². The van der Waals surface area contributed by atoms with Gasteiger partial charge in [0, 0.05) is 11.6 Å². The van der Waals surface area contributed by atoms with E-state index in [-0.39, 0.29) is 6.04 Å². The highest BCUT2D eigenvalue weighted by Gasteiger charge is 2.27. The highest BCUT2D eigenvalue weighted by atomic mass is 16.5. The number of ether oxygens (including phenoxy) is 2. The molecule has 0 saturated carbocycles. The van der Waals surface area contributed by atoms with Crippen LogP contribution in [0.1, 0.15) is 24.4 Å². The average molecular weight is 250 g/mol. The number of methoxy groups -OCH3 is 2. The first-order valence-electron chi connectivity index (χ1n) is 6.42. The minimum atomic E-state index is 0.248. The van der Waals surface area contributed by atoms with Crippen molar-refractivity contribution in [3.63, 3.8) is 0 Å². The summed E-state index contributed by atoms with van der Waals surface area (Å²) in [6.45, 7) is 1.09. The second-order valence-corrected chi connectivity index (χ2v) is 4.58. The molecule has 1 aliphatic rings. The van der Waals surface area contributed by atoms with E-state index >= 15 is 0 Å². The van der Waals surface area contributed by atoms with Crippen LogP contribution in [-0.4, -0.2) is 33.9 Å². The molecule has 1 aromatic rings. The van der Waals surface area contributed by atoms with Gasteiger partial charge < -0.3 is 20.1 Å². The van der Waals surface area contributed by atoms with Crippen molar-refractivity contribution in [3.05, 3.63) is 23.8 Å². The number of hydrogen-bond acceptors (Lipinski definition) is 4. The van der Waals surface area contributed by atoms with Crippen molar-refractivity contribution in [2.75, 3.05) is 27.8 Å². The third-order valence-electron chi connectivity index (χ3n) is 3.58. The van der Waals surface area contributed by atoms with E-state index in [1.807, 2.05) is 19.2 Å². The van der Waals surface area contributed by atoms with Crippen LogP contribution in [-0.2, 0) is 0 Å². The molecule has 2 rings (SSSR count). The van der Waals surface area contributed by atoms with Crippen molar-refractivity contribution < 1.29 is 9.47 Å². The Morgan fingerprint density at radius 1 is 1.33 bits per heavy atom. The molecule has 4 heteroatoms. The summed E-state index contributed by atoms with van der Waals surface area (Å²) in [6.07, 6.45) is 2.42. The average Bonchev–Trinajstić information content (AvgIpc) is 2.93. The number of rotatable bonds is 5. The van der Waals surface area contributed by atoms with Crippen molar-refractivity contribution in [2.24, 2.45) is 0 Å². The zero-order chi connectivity index (χ0) is 13.0. The lowest BCUT2D eigenvalue weighted by atomic mass is 9.97. The zero-order valence-corrected chi connectivity index (χ0v) is 11.3. The van der Waals surface area contributed by atoms with Crippen LogP contribution >= 0.6 is 0 Å². The first-order valence-corrected chi connectivity index (χ1v) is 6.42. The minimum Gasteiger partial charge on any atom is -0.497 e. The molecule has 4 nitrogen and oxygen atoms in total. The maximum atomic E-state index is 5.46. The van der Waals surface area contributed by atoms with Gasteiger partial charge in [-0.15, -0.1) is 0 Å². The van der Waals surface area contributed by atoms with Crippen molar-refractivity contribution in [2.45, 2.75) is 24.9 Å². The lowest BCUT2D eigenvalue weighted by Crippen LogP contribution is -2.36. The molecular formula is C14H22N2O2. The van der Waals surface area contributed by atoms with Gasteiger partial charge in [-0.3, -0.25) is 0 Å². The number of nitrogens with one attached hydrogen (secondary N) is 2. The maximum Gasteiger partial charge on any atom is 0.123 e. The van der Waals surface area contributed by atoms with E-state index < -0.39 is 0 Å². The lowest BCUT2D eigenvalue weighted by Gasteiger charge is -2.25. The fraction of sp³-hybridized carbons (Fsp3) is 0.571. The van der Waals surface area contributed by atoms with Gasteiger partial charge in [0.25, 0.3) is 0 Å². The molecule has 1 fully saturated rings. The quantitative estimate of drug-likeness (QED) is 0.835. The molecule has 0 radical (unpaired) electrons. The Bertz CT molecular complexity index is 389. The van der Waals surface area contributed by atoms with Crippen LogP contribution < -0.4 is 20.1 Å². The number of likely N-dealkylation sites (N-methyl/N-ethyl adjacent to an activating group) is 1. The fourth-order valence-corrected chi connectivity index (χ4v) is 2.65. The lowest BCUT2D eigenvalue weighted by molar-refractivity contribution is 0.375. The smallest absolute Gasteiger partial charge is 0.123 e. The van der Waals surface area contributed by atoms with Gasteiger partial charge >= 0.3 is 0 Å². The monoisotopic (exact) mass is 250 g/mol. The van der Waals surface area contributed by atoms with Gasteiger partial charge in [0.15, 0.2) is 0 Å². The Morgan fingerprint density at radius 3 is 2.72 bits per heavy atom. The van der Waals surface area contributed by atoms with Gasteiger partial charge in [0.05, 0.1) is 20.3 Å². The van der Waals surface area contributed by atoms with E-state index in [1.165, 1.54) is 12.8 Å². The standard InChI is InChI=1S/C14H22N2O2/c1-15-14(12-5-4-8-16-12)11-9-10(17-2)6-7-13(11)18-3/h6-7,9,12,14-16H,4-5,8H2,1-3H3. The highest BCUT2D eigenvalue weighted by Crippen LogP contribution is 2.32. The highest BCUT2D eigenvalue weighted by molar-refractivity contribution is 5.43. The van der Waals surface area contributed by atoms with Crippen molar-refractivity contribution >= 4 is 0 Å². The van der Waals surface area contributed by atoms with Crippen molar-refractivity contribution in [3.8, 4) is 11.5 Å². The SMILES string of the molecule is CNC(c1cc(OC)ccc1OC)C1CCCN1. The third kappa shape index (κ3) is 2.60. The molecule has 0 aromatic heterocycles. The maximum absolute atomic E-state index is 5.46. The van der Waals surface area contributed by atoms with Gasteiger partial charge in [0.1, 0.15) is 11.5 Å². The fourth-order valence-electron chi connectivity index (χ4n) is 2.65. The normalized spacial score (nSPS) is 20.7. The largest absolute Gasteiger partial charge is 0.497 e. The Labute approximate surface area is 109 Å². The molecular weight excluding hydrogens is 228 g/mol. The first-order chi connectivity index (χ1) is 8.80. The summed E-state index contributed by atoms with van der Waals surface area (Å²) in [6, 6.07) is 6.65. The van der Waals surface area contributed by atoms with E-state index in [1.54, 1.807) is 14.2 Å². The Kier molecular flexibility index (Phi) is 4.44. The first kappa shape index (κ1) is 13.2. The zero-order valence-electron chi connectivity index (χ0n) is 11.3. The molecule has 2 N–H and O–H groups in total. The van der Waals surface area contributed by atoms with Gasteiger partial charge in [-0.25, -0.2) is 0 Å². The van der Waals surface area contributed by atoms with Crippen LogP contribution in [0.3, 0.4) is 0 Å². The molecule has 1 aliphatic heterocycles. The second kappa shape index (κ2) is 6.07. The second-order valence-electron chi connectivity index (χ2n) is 4.58. The molecule has 2 atom stereocenters. The van der Waals surface area contributed by atoms with Crippen molar-refractivity contribution in [1.29, 1.82) is 0 Å². The van der Waals surface area contributed by atoms with Gasteiger partial charge in [-0.1, -0.05) is 0 Å². The molecule has 18 heavy (non-hydrogen) atoms. The molecule has 2 unspecified atom stereocenters. The summed E-state index contributed by atoms with van der Waals surface area (Å²) in [7, 11) is 5.39. The molecule has 100 valence electrons. The summed E-state index contributed by atoms with van der Waals surface area (Å²) in [4.78, 5) is 0. The number of benzene rings is 1. The van der Waals surface area contributed by atoms with Gasteiger partial charge in [-0.2, -0.15) is 0 Å². The summed E-state index contributed by atoms with van der Waals surface area (Å²) in [5, 5.41) is 6.92. The molecule has 0 bridgehead atoms. The Morgan fingerprint density at radius 2 is 2.17 bits per heavy atom. The molecule has 1 heterocycles. The molecule has 0 amide bonds. The summed E-state index contributed by atoms with van der Waals surface area (Å²) in [5.41, 5.74) is 1.15. The molecule has 1 saturated heterocycles. The Balaban J connectivity index is 2.32. The third-order valence-corrected chi connectivity index (χ3v) is 3.58. The molecule has 0 aliphatic carbocycles. The molecule has 0 spiro atoms. The topological polar surface area (TPSA) is 42.5 Å². The van der Waals surface area contributed by atoms with Crippen LogP contribution in [0.4, 0.5) is 0 Å². The van der Waals surface area contributed by atoms with E-state index in [9.17, 15) is 0 Å². The predicted octanol–water partition coefficient (Wildman–Crippen LogP) is 1.72. The summed E-state index contributed by atoms with van der Waals surface area (Å²) < 4.78 is 10.8. The van der Waals surface area contributed by atoms with Crippen LogP contribution in [0.2, 0.25) is 0 Å².